The molecule has 122 valence electrons. The summed E-state index contributed by atoms with van der Waals surface area (Å²) in [6.45, 7) is 6.88. The molecule has 0 spiro atoms. The third-order valence-electron chi connectivity index (χ3n) is 5.40. The summed E-state index contributed by atoms with van der Waals surface area (Å²) < 4.78 is 0. The van der Waals surface area contributed by atoms with E-state index < -0.39 is 6.10 Å². The second-order valence-corrected chi connectivity index (χ2v) is 7.22. The van der Waals surface area contributed by atoms with Gasteiger partial charge in [-0.25, -0.2) is 0 Å². The molecule has 3 heteroatoms. The van der Waals surface area contributed by atoms with Gasteiger partial charge in [0.15, 0.2) is 6.10 Å². The second kappa shape index (κ2) is 7.28. The second-order valence-electron chi connectivity index (χ2n) is 7.22. The Labute approximate surface area is 134 Å². The number of amides is 1. The summed E-state index contributed by atoms with van der Waals surface area (Å²) in [4.78, 5) is 12.3. The average molecular weight is 303 g/mol. The molecule has 1 aromatic carbocycles. The summed E-state index contributed by atoms with van der Waals surface area (Å²) in [5, 5.41) is 13.2. The van der Waals surface area contributed by atoms with Gasteiger partial charge in [-0.05, 0) is 36.2 Å². The molecule has 1 amide bonds. The minimum atomic E-state index is -1.07. The number of aliphatic hydroxyl groups is 1. The molecule has 1 aliphatic rings. The lowest BCUT2D eigenvalue weighted by Gasteiger charge is -2.40. The zero-order valence-electron chi connectivity index (χ0n) is 14.0. The van der Waals surface area contributed by atoms with E-state index in [1.165, 1.54) is 6.42 Å². The summed E-state index contributed by atoms with van der Waals surface area (Å²) in [6.07, 6.45) is 4.53. The molecule has 2 N–H and O–H groups in total. The third-order valence-corrected chi connectivity index (χ3v) is 5.40. The fourth-order valence-corrected chi connectivity index (χ4v) is 3.39. The Hall–Kier alpha value is -1.35. The molecule has 0 bridgehead atoms. The lowest BCUT2D eigenvalue weighted by Crippen LogP contribution is -2.43. The third kappa shape index (κ3) is 4.10. The first-order valence-electron chi connectivity index (χ1n) is 8.47. The van der Waals surface area contributed by atoms with E-state index in [9.17, 15) is 9.90 Å². The van der Waals surface area contributed by atoms with Crippen LogP contribution in [0.3, 0.4) is 0 Å². The van der Waals surface area contributed by atoms with Gasteiger partial charge in [0.05, 0.1) is 0 Å². The molecule has 3 atom stereocenters. The normalized spacial score (nSPS) is 23.8. The monoisotopic (exact) mass is 303 g/mol. The number of hydrogen-bond acceptors (Lipinski definition) is 2. The summed E-state index contributed by atoms with van der Waals surface area (Å²) >= 11 is 0. The van der Waals surface area contributed by atoms with E-state index in [2.05, 4.69) is 26.1 Å². The Balaban J connectivity index is 1.94. The number of carbonyl (C=O) groups excluding carboxylic acids is 1. The van der Waals surface area contributed by atoms with Crippen molar-refractivity contribution in [1.82, 2.24) is 5.32 Å². The predicted molar refractivity (Wildman–Crippen MR) is 89.4 cm³/mol. The zero-order chi connectivity index (χ0) is 16.2. The summed E-state index contributed by atoms with van der Waals surface area (Å²) in [5.74, 6) is 0.372. The van der Waals surface area contributed by atoms with E-state index >= 15 is 0 Å². The quantitative estimate of drug-likeness (QED) is 0.868. The molecule has 1 aliphatic carbocycles. The minimum absolute atomic E-state index is 0.190. The van der Waals surface area contributed by atoms with Crippen LogP contribution in [0.25, 0.3) is 0 Å². The number of aliphatic hydroxyl groups excluding tert-OH is 1. The van der Waals surface area contributed by atoms with Gasteiger partial charge in [0, 0.05) is 6.04 Å². The standard InChI is InChI=1S/C19H29NO2/c1-4-19(2,3)15-11-8-12-16(13-15)20-18(22)17(21)14-9-6-5-7-10-14/h5-7,9-10,15-17,21H,4,8,11-13H2,1-3H3,(H,20,22)/t15-,16-,17+/m1/s1. The van der Waals surface area contributed by atoms with Crippen molar-refractivity contribution in [2.75, 3.05) is 0 Å². The van der Waals surface area contributed by atoms with Crippen LogP contribution in [0.5, 0.6) is 0 Å². The number of hydrogen-bond donors (Lipinski definition) is 2. The number of carbonyl (C=O) groups is 1. The Morgan fingerprint density at radius 3 is 2.64 bits per heavy atom. The van der Waals surface area contributed by atoms with Gasteiger partial charge >= 0.3 is 0 Å². The van der Waals surface area contributed by atoms with E-state index in [0.717, 1.165) is 25.7 Å². The number of rotatable bonds is 5. The molecule has 0 radical (unpaired) electrons. The van der Waals surface area contributed by atoms with Crippen LogP contribution in [0.4, 0.5) is 0 Å². The van der Waals surface area contributed by atoms with Crippen molar-refractivity contribution in [3.05, 3.63) is 35.9 Å². The van der Waals surface area contributed by atoms with Gasteiger partial charge in [-0.15, -0.1) is 0 Å². The Morgan fingerprint density at radius 1 is 1.32 bits per heavy atom. The maximum atomic E-state index is 12.3. The van der Waals surface area contributed by atoms with Gasteiger partial charge in [-0.2, -0.15) is 0 Å². The van der Waals surface area contributed by atoms with Crippen molar-refractivity contribution < 1.29 is 9.90 Å². The lowest BCUT2D eigenvalue weighted by atomic mass is 9.68. The molecule has 3 nitrogen and oxygen atoms in total. The molecule has 1 saturated carbocycles. The molecule has 1 fully saturated rings. The number of nitrogens with one attached hydrogen (secondary N) is 1. The number of benzene rings is 1. The SMILES string of the molecule is CCC(C)(C)[C@@H]1CCC[C@@H](NC(=O)[C@@H](O)c2ccccc2)C1. The Bertz CT molecular complexity index is 483. The molecule has 2 rings (SSSR count). The van der Waals surface area contributed by atoms with E-state index in [-0.39, 0.29) is 11.9 Å². The molecule has 0 heterocycles. The average Bonchev–Trinajstić information content (AvgIpc) is 2.55. The van der Waals surface area contributed by atoms with Crippen LogP contribution in [0.15, 0.2) is 30.3 Å². The van der Waals surface area contributed by atoms with E-state index in [0.29, 0.717) is 16.9 Å². The molecule has 0 unspecified atom stereocenters. The van der Waals surface area contributed by atoms with Crippen molar-refractivity contribution in [2.45, 2.75) is 65.0 Å². The van der Waals surface area contributed by atoms with Gasteiger partial charge in [0.1, 0.15) is 0 Å². The van der Waals surface area contributed by atoms with Crippen molar-refractivity contribution in [3.63, 3.8) is 0 Å². The lowest BCUT2D eigenvalue weighted by molar-refractivity contribution is -0.130. The molecule has 22 heavy (non-hydrogen) atoms. The highest BCUT2D eigenvalue weighted by Crippen LogP contribution is 2.40. The summed E-state index contributed by atoms with van der Waals surface area (Å²) in [5.41, 5.74) is 0.975. The molecule has 0 aromatic heterocycles. The summed E-state index contributed by atoms with van der Waals surface area (Å²) in [6, 6.07) is 9.32. The smallest absolute Gasteiger partial charge is 0.253 e. The topological polar surface area (TPSA) is 49.3 Å². The fourth-order valence-electron chi connectivity index (χ4n) is 3.39. The molecule has 0 aliphatic heterocycles. The van der Waals surface area contributed by atoms with Crippen LogP contribution in [-0.2, 0) is 4.79 Å². The highest BCUT2D eigenvalue weighted by Gasteiger charge is 2.33. The highest BCUT2D eigenvalue weighted by atomic mass is 16.3. The summed E-state index contributed by atoms with van der Waals surface area (Å²) in [7, 11) is 0. The minimum Gasteiger partial charge on any atom is -0.378 e. The molecule has 0 saturated heterocycles. The molecular weight excluding hydrogens is 274 g/mol. The van der Waals surface area contributed by atoms with Gasteiger partial charge in [0.25, 0.3) is 5.91 Å². The van der Waals surface area contributed by atoms with Gasteiger partial charge in [-0.3, -0.25) is 4.79 Å². The van der Waals surface area contributed by atoms with E-state index in [1.807, 2.05) is 18.2 Å². The first-order chi connectivity index (χ1) is 10.4. The van der Waals surface area contributed by atoms with Gasteiger partial charge < -0.3 is 10.4 Å². The van der Waals surface area contributed by atoms with Crippen LogP contribution in [0, 0.1) is 11.3 Å². The van der Waals surface area contributed by atoms with E-state index in [4.69, 9.17) is 0 Å². The van der Waals surface area contributed by atoms with E-state index in [1.54, 1.807) is 12.1 Å². The maximum Gasteiger partial charge on any atom is 0.253 e. The predicted octanol–water partition coefficient (Wildman–Crippen LogP) is 3.83. The van der Waals surface area contributed by atoms with Crippen molar-refractivity contribution >= 4 is 5.91 Å². The fraction of sp³-hybridized carbons (Fsp3) is 0.632. The molecule has 1 aromatic rings. The van der Waals surface area contributed by atoms with Crippen LogP contribution in [-0.4, -0.2) is 17.1 Å². The Kier molecular flexibility index (Phi) is 5.63. The largest absolute Gasteiger partial charge is 0.378 e. The highest BCUT2D eigenvalue weighted by molar-refractivity contribution is 5.82. The van der Waals surface area contributed by atoms with Gasteiger partial charge in [0.2, 0.25) is 0 Å². The molecular formula is C19H29NO2. The van der Waals surface area contributed by atoms with Crippen molar-refractivity contribution in [3.8, 4) is 0 Å². The Morgan fingerprint density at radius 2 is 2.00 bits per heavy atom. The van der Waals surface area contributed by atoms with Crippen LogP contribution >= 0.6 is 0 Å². The van der Waals surface area contributed by atoms with Crippen LogP contribution in [0.2, 0.25) is 0 Å². The first kappa shape index (κ1) is 17.0. The van der Waals surface area contributed by atoms with Crippen LogP contribution in [0.1, 0.15) is 64.5 Å². The van der Waals surface area contributed by atoms with Crippen molar-refractivity contribution in [1.29, 1.82) is 0 Å². The van der Waals surface area contributed by atoms with Crippen molar-refractivity contribution in [2.24, 2.45) is 11.3 Å². The van der Waals surface area contributed by atoms with Crippen LogP contribution < -0.4 is 5.32 Å². The maximum absolute atomic E-state index is 12.3. The van der Waals surface area contributed by atoms with Gasteiger partial charge in [-0.1, -0.05) is 63.9 Å². The first-order valence-corrected chi connectivity index (χ1v) is 8.47. The zero-order valence-corrected chi connectivity index (χ0v) is 14.0.